The lowest BCUT2D eigenvalue weighted by atomic mass is 10.1. The number of methoxy groups -OCH3 is 1. The van der Waals surface area contributed by atoms with Crippen LogP contribution in [-0.2, 0) is 9.47 Å². The number of unbranched alkanes of at least 4 members (excludes halogenated alkanes) is 1. The van der Waals surface area contributed by atoms with Gasteiger partial charge in [0.1, 0.15) is 0 Å². The molecule has 1 aromatic carbocycles. The first-order chi connectivity index (χ1) is 15.8. The van der Waals surface area contributed by atoms with E-state index in [2.05, 4.69) is 57.3 Å². The number of piperazine rings is 1. The molecule has 2 aliphatic rings. The Labute approximate surface area is 217 Å². The van der Waals surface area contributed by atoms with Gasteiger partial charge in [-0.05, 0) is 44.9 Å². The van der Waals surface area contributed by atoms with Crippen LogP contribution in [0.2, 0.25) is 0 Å². The standard InChI is InChI=1S/C25H43N5O2.HI/c1-3-26-25(30-14-11-23(21-30)22-32-20-19-31-2)27-12-7-8-13-28-15-17-29(18-16-28)24-9-5-4-6-10-24;/h4-6,9-10,23H,3,7-8,11-22H2,1-2H3,(H,26,27);1H. The summed E-state index contributed by atoms with van der Waals surface area (Å²) in [6.45, 7) is 14.0. The summed E-state index contributed by atoms with van der Waals surface area (Å²) in [5.74, 6) is 1.66. The first-order valence-electron chi connectivity index (χ1n) is 12.4. The summed E-state index contributed by atoms with van der Waals surface area (Å²) >= 11 is 0. The molecule has 0 aliphatic carbocycles. The minimum absolute atomic E-state index is 0. The molecule has 1 unspecified atom stereocenters. The third-order valence-corrected chi connectivity index (χ3v) is 6.34. The zero-order chi connectivity index (χ0) is 22.4. The highest BCUT2D eigenvalue weighted by Crippen LogP contribution is 2.17. The second-order valence-corrected chi connectivity index (χ2v) is 8.78. The molecule has 3 rings (SSSR count). The van der Waals surface area contributed by atoms with Crippen molar-refractivity contribution in [1.29, 1.82) is 0 Å². The molecular weight excluding hydrogens is 529 g/mol. The van der Waals surface area contributed by atoms with Crippen LogP contribution in [-0.4, -0.2) is 102 Å². The molecule has 2 saturated heterocycles. The molecule has 8 heteroatoms. The van der Waals surface area contributed by atoms with Crippen molar-refractivity contribution in [2.24, 2.45) is 10.9 Å². The minimum atomic E-state index is 0. The Kier molecular flexibility index (Phi) is 14.1. The lowest BCUT2D eigenvalue weighted by molar-refractivity contribution is 0.0536. The van der Waals surface area contributed by atoms with Crippen LogP contribution in [0.25, 0.3) is 0 Å². The third-order valence-electron chi connectivity index (χ3n) is 6.34. The van der Waals surface area contributed by atoms with Crippen LogP contribution < -0.4 is 10.2 Å². The molecule has 1 atom stereocenters. The van der Waals surface area contributed by atoms with Gasteiger partial charge in [0, 0.05) is 71.1 Å². The maximum atomic E-state index is 5.73. The number of nitrogens with one attached hydrogen (secondary N) is 1. The topological polar surface area (TPSA) is 52.6 Å². The molecule has 188 valence electrons. The number of para-hydroxylation sites is 1. The highest BCUT2D eigenvalue weighted by atomic mass is 127. The Morgan fingerprint density at radius 3 is 2.58 bits per heavy atom. The van der Waals surface area contributed by atoms with Gasteiger partial charge in [-0.15, -0.1) is 24.0 Å². The molecule has 0 amide bonds. The van der Waals surface area contributed by atoms with E-state index in [1.165, 1.54) is 25.1 Å². The Bertz CT molecular complexity index is 655. The van der Waals surface area contributed by atoms with Crippen LogP contribution in [0.3, 0.4) is 0 Å². The van der Waals surface area contributed by atoms with Crippen molar-refractivity contribution >= 4 is 35.6 Å². The predicted molar refractivity (Wildman–Crippen MR) is 148 cm³/mol. The fourth-order valence-electron chi connectivity index (χ4n) is 4.48. The number of aliphatic imine (C=N–C) groups is 1. The largest absolute Gasteiger partial charge is 0.382 e. The van der Waals surface area contributed by atoms with Crippen molar-refractivity contribution in [2.75, 3.05) is 90.7 Å². The number of benzene rings is 1. The average molecular weight is 574 g/mol. The van der Waals surface area contributed by atoms with Gasteiger partial charge in [0.2, 0.25) is 0 Å². The molecule has 2 aliphatic heterocycles. The highest BCUT2D eigenvalue weighted by molar-refractivity contribution is 14.0. The lowest BCUT2D eigenvalue weighted by Crippen LogP contribution is -2.46. The van der Waals surface area contributed by atoms with Gasteiger partial charge < -0.3 is 24.6 Å². The summed E-state index contributed by atoms with van der Waals surface area (Å²) in [4.78, 5) is 12.4. The molecule has 2 fully saturated rings. The lowest BCUT2D eigenvalue weighted by Gasteiger charge is -2.36. The van der Waals surface area contributed by atoms with Gasteiger partial charge in [-0.1, -0.05) is 18.2 Å². The van der Waals surface area contributed by atoms with Crippen LogP contribution in [0.1, 0.15) is 26.2 Å². The second-order valence-electron chi connectivity index (χ2n) is 8.78. The number of hydrogen-bond donors (Lipinski definition) is 1. The molecule has 2 heterocycles. The molecule has 0 bridgehead atoms. The predicted octanol–water partition coefficient (Wildman–Crippen LogP) is 3.16. The van der Waals surface area contributed by atoms with E-state index in [1.807, 2.05) is 0 Å². The molecule has 1 aromatic rings. The Hall–Kier alpha value is -1.10. The Balaban J connectivity index is 0.00000385. The second kappa shape index (κ2) is 16.5. The van der Waals surface area contributed by atoms with E-state index in [0.717, 1.165) is 71.3 Å². The number of nitrogens with zero attached hydrogens (tertiary/aromatic N) is 4. The van der Waals surface area contributed by atoms with E-state index < -0.39 is 0 Å². The van der Waals surface area contributed by atoms with Crippen molar-refractivity contribution in [2.45, 2.75) is 26.2 Å². The molecule has 33 heavy (non-hydrogen) atoms. The van der Waals surface area contributed by atoms with Gasteiger partial charge in [0.15, 0.2) is 5.96 Å². The molecular formula is C25H44IN5O2. The van der Waals surface area contributed by atoms with Crippen LogP contribution in [0.15, 0.2) is 35.3 Å². The SMILES string of the molecule is CCNC(=NCCCCN1CCN(c2ccccc2)CC1)N1CCC(COCCOC)C1.I. The first-order valence-corrected chi connectivity index (χ1v) is 12.4. The van der Waals surface area contributed by atoms with Crippen molar-refractivity contribution in [3.05, 3.63) is 30.3 Å². The van der Waals surface area contributed by atoms with E-state index in [4.69, 9.17) is 14.5 Å². The molecule has 0 spiro atoms. The average Bonchev–Trinajstić information content (AvgIpc) is 3.31. The number of rotatable bonds is 12. The quantitative estimate of drug-likeness (QED) is 0.180. The molecule has 7 nitrogen and oxygen atoms in total. The van der Waals surface area contributed by atoms with E-state index in [1.54, 1.807) is 7.11 Å². The third kappa shape index (κ3) is 9.96. The van der Waals surface area contributed by atoms with E-state index in [9.17, 15) is 0 Å². The smallest absolute Gasteiger partial charge is 0.193 e. The fourth-order valence-corrected chi connectivity index (χ4v) is 4.48. The fraction of sp³-hybridized carbons (Fsp3) is 0.720. The number of likely N-dealkylation sites (tertiary alicyclic amines) is 1. The first kappa shape index (κ1) is 28.1. The summed E-state index contributed by atoms with van der Waals surface area (Å²) in [7, 11) is 1.71. The van der Waals surface area contributed by atoms with Gasteiger partial charge in [-0.3, -0.25) is 9.89 Å². The molecule has 1 N–H and O–H groups in total. The van der Waals surface area contributed by atoms with Gasteiger partial charge in [-0.2, -0.15) is 0 Å². The number of guanidine groups is 1. The van der Waals surface area contributed by atoms with Crippen LogP contribution >= 0.6 is 24.0 Å². The van der Waals surface area contributed by atoms with E-state index >= 15 is 0 Å². The normalized spacial score (nSPS) is 19.6. The zero-order valence-corrected chi connectivity index (χ0v) is 22.9. The van der Waals surface area contributed by atoms with Gasteiger partial charge in [-0.25, -0.2) is 0 Å². The van der Waals surface area contributed by atoms with Crippen LogP contribution in [0, 0.1) is 5.92 Å². The van der Waals surface area contributed by atoms with Crippen LogP contribution in [0.5, 0.6) is 0 Å². The summed E-state index contributed by atoms with van der Waals surface area (Å²) in [5.41, 5.74) is 1.35. The Morgan fingerprint density at radius 1 is 1.06 bits per heavy atom. The highest BCUT2D eigenvalue weighted by Gasteiger charge is 2.25. The maximum Gasteiger partial charge on any atom is 0.193 e. The monoisotopic (exact) mass is 573 g/mol. The van der Waals surface area contributed by atoms with Crippen molar-refractivity contribution in [3.8, 4) is 0 Å². The number of ether oxygens (including phenoxy) is 2. The summed E-state index contributed by atoms with van der Waals surface area (Å²) in [5, 5.41) is 3.48. The number of halogens is 1. The van der Waals surface area contributed by atoms with Crippen LogP contribution in [0.4, 0.5) is 5.69 Å². The molecule has 0 aromatic heterocycles. The van der Waals surface area contributed by atoms with Crippen molar-refractivity contribution < 1.29 is 9.47 Å². The van der Waals surface area contributed by atoms with Gasteiger partial charge in [0.05, 0.1) is 19.8 Å². The van der Waals surface area contributed by atoms with Gasteiger partial charge >= 0.3 is 0 Å². The van der Waals surface area contributed by atoms with E-state index in [-0.39, 0.29) is 24.0 Å². The van der Waals surface area contributed by atoms with Crippen molar-refractivity contribution in [1.82, 2.24) is 15.1 Å². The number of hydrogen-bond acceptors (Lipinski definition) is 5. The van der Waals surface area contributed by atoms with E-state index in [0.29, 0.717) is 19.1 Å². The molecule has 0 saturated carbocycles. The number of anilines is 1. The summed E-state index contributed by atoms with van der Waals surface area (Å²) in [6.07, 6.45) is 3.53. The minimum Gasteiger partial charge on any atom is -0.382 e. The maximum absolute atomic E-state index is 5.73. The summed E-state index contributed by atoms with van der Waals surface area (Å²) < 4.78 is 10.8. The summed E-state index contributed by atoms with van der Waals surface area (Å²) in [6, 6.07) is 10.8. The van der Waals surface area contributed by atoms with Crippen molar-refractivity contribution in [3.63, 3.8) is 0 Å². The Morgan fingerprint density at radius 2 is 1.85 bits per heavy atom. The van der Waals surface area contributed by atoms with Gasteiger partial charge in [0.25, 0.3) is 0 Å². The molecule has 0 radical (unpaired) electrons. The zero-order valence-electron chi connectivity index (χ0n) is 20.6.